The Kier molecular flexibility index (Phi) is 5.28. The van der Waals surface area contributed by atoms with Gasteiger partial charge in [-0.05, 0) is 6.07 Å². The molecule has 0 saturated heterocycles. The Labute approximate surface area is 104 Å². The second-order valence-corrected chi connectivity index (χ2v) is 3.55. The van der Waals surface area contributed by atoms with E-state index >= 15 is 0 Å². The maximum absolute atomic E-state index is 11.3. The number of hydrogen-bond donors (Lipinski definition) is 3. The Balaban J connectivity index is 2.54. The van der Waals surface area contributed by atoms with Crippen molar-refractivity contribution in [1.29, 1.82) is 0 Å². The molecule has 1 amide bonds. The molecular formula is C10H16N4O4. The number of aromatic nitrogens is 2. The lowest BCUT2D eigenvalue weighted by Crippen LogP contribution is -2.38. The van der Waals surface area contributed by atoms with Crippen LogP contribution < -0.4 is 11.1 Å². The highest BCUT2D eigenvalue weighted by molar-refractivity contribution is 5.87. The van der Waals surface area contributed by atoms with Crippen LogP contribution in [0, 0.1) is 0 Å². The molecule has 4 N–H and O–H groups in total. The molecule has 0 fully saturated rings. The molecule has 1 unspecified atom stereocenters. The van der Waals surface area contributed by atoms with E-state index in [1.807, 2.05) is 0 Å². The Hall–Kier alpha value is -1.93. The molecule has 0 aromatic carbocycles. The van der Waals surface area contributed by atoms with Crippen molar-refractivity contribution in [3.05, 3.63) is 18.0 Å². The summed E-state index contributed by atoms with van der Waals surface area (Å²) in [5.41, 5.74) is 5.34. The quantitative estimate of drug-likeness (QED) is 0.512. The highest BCUT2D eigenvalue weighted by atomic mass is 16.5. The monoisotopic (exact) mass is 256 g/mol. The van der Waals surface area contributed by atoms with E-state index in [1.54, 1.807) is 0 Å². The van der Waals surface area contributed by atoms with Crippen LogP contribution in [0.2, 0.25) is 0 Å². The van der Waals surface area contributed by atoms with Crippen LogP contribution in [-0.4, -0.2) is 53.1 Å². The fourth-order valence-corrected chi connectivity index (χ4v) is 1.32. The number of nitrogens with two attached hydrogens (primary N) is 1. The lowest BCUT2D eigenvalue weighted by atomic mass is 10.3. The van der Waals surface area contributed by atoms with E-state index in [0.29, 0.717) is 0 Å². The molecule has 8 heteroatoms. The summed E-state index contributed by atoms with van der Waals surface area (Å²) in [5, 5.41) is 16.0. The van der Waals surface area contributed by atoms with Crippen molar-refractivity contribution in [2.75, 3.05) is 20.2 Å². The standard InChI is InChI=1S/C10H16N4O4/c1-18-10(17)8-2-3-13-14(8)6-7(15)5-12-9(16)4-11/h2-3,7,15H,4-6,11H2,1H3,(H,12,16). The first-order chi connectivity index (χ1) is 8.58. The Morgan fingerprint density at radius 3 is 3.00 bits per heavy atom. The number of nitrogens with zero attached hydrogens (tertiary/aromatic N) is 2. The van der Waals surface area contributed by atoms with Crippen molar-refractivity contribution >= 4 is 11.9 Å². The molecule has 0 aliphatic carbocycles. The second kappa shape index (κ2) is 6.72. The van der Waals surface area contributed by atoms with Crippen LogP contribution in [0.15, 0.2) is 12.3 Å². The lowest BCUT2D eigenvalue weighted by Gasteiger charge is -2.13. The summed E-state index contributed by atoms with van der Waals surface area (Å²) in [7, 11) is 1.26. The van der Waals surface area contributed by atoms with E-state index < -0.39 is 12.1 Å². The number of carbonyl (C=O) groups excluding carboxylic acids is 2. The predicted molar refractivity (Wildman–Crippen MR) is 61.6 cm³/mol. The SMILES string of the molecule is COC(=O)c1ccnn1CC(O)CNC(=O)CN. The summed E-state index contributed by atoms with van der Waals surface area (Å²) in [6, 6.07) is 1.48. The Morgan fingerprint density at radius 1 is 1.67 bits per heavy atom. The van der Waals surface area contributed by atoms with Gasteiger partial charge in [0.1, 0.15) is 5.69 Å². The van der Waals surface area contributed by atoms with Gasteiger partial charge in [0.05, 0.1) is 26.3 Å². The molecule has 0 saturated carbocycles. The minimum absolute atomic E-state index is 0.0382. The van der Waals surface area contributed by atoms with Gasteiger partial charge in [-0.3, -0.25) is 9.48 Å². The van der Waals surface area contributed by atoms with E-state index in [0.717, 1.165) is 0 Å². The fraction of sp³-hybridized carbons (Fsp3) is 0.500. The Bertz CT molecular complexity index is 418. The topological polar surface area (TPSA) is 119 Å². The maximum Gasteiger partial charge on any atom is 0.356 e. The summed E-state index contributed by atoms with van der Waals surface area (Å²) in [6.07, 6.45) is 0.557. The number of esters is 1. The average Bonchev–Trinajstić information content (AvgIpc) is 2.82. The van der Waals surface area contributed by atoms with Crippen LogP contribution in [0.4, 0.5) is 0 Å². The van der Waals surface area contributed by atoms with Crippen LogP contribution in [0.1, 0.15) is 10.5 Å². The van der Waals surface area contributed by atoms with E-state index in [9.17, 15) is 14.7 Å². The number of hydrogen-bond acceptors (Lipinski definition) is 6. The van der Waals surface area contributed by atoms with Gasteiger partial charge in [-0.25, -0.2) is 4.79 Å². The molecule has 100 valence electrons. The van der Waals surface area contributed by atoms with Gasteiger partial charge in [-0.1, -0.05) is 0 Å². The van der Waals surface area contributed by atoms with Gasteiger partial charge in [0.25, 0.3) is 0 Å². The largest absolute Gasteiger partial charge is 0.464 e. The van der Waals surface area contributed by atoms with Crippen LogP contribution in [-0.2, 0) is 16.1 Å². The van der Waals surface area contributed by atoms with E-state index in [4.69, 9.17) is 5.73 Å². The summed E-state index contributed by atoms with van der Waals surface area (Å²) in [4.78, 5) is 22.2. The lowest BCUT2D eigenvalue weighted by molar-refractivity contribution is -0.120. The smallest absolute Gasteiger partial charge is 0.356 e. The number of amides is 1. The molecule has 1 rings (SSSR count). The van der Waals surface area contributed by atoms with Crippen molar-refractivity contribution in [3.63, 3.8) is 0 Å². The van der Waals surface area contributed by atoms with Crippen LogP contribution >= 0.6 is 0 Å². The second-order valence-electron chi connectivity index (χ2n) is 3.55. The zero-order valence-corrected chi connectivity index (χ0v) is 10.00. The molecule has 1 aromatic rings. The number of aliphatic hydroxyl groups is 1. The summed E-state index contributed by atoms with van der Waals surface area (Å²) >= 11 is 0. The van der Waals surface area contributed by atoms with Crippen LogP contribution in [0.5, 0.6) is 0 Å². The van der Waals surface area contributed by atoms with Gasteiger partial charge < -0.3 is 20.9 Å². The van der Waals surface area contributed by atoms with Crippen molar-refractivity contribution in [3.8, 4) is 0 Å². The first kappa shape index (κ1) is 14.1. The van der Waals surface area contributed by atoms with E-state index in [2.05, 4.69) is 15.2 Å². The van der Waals surface area contributed by atoms with Crippen molar-refractivity contribution in [1.82, 2.24) is 15.1 Å². The molecule has 1 atom stereocenters. The maximum atomic E-state index is 11.3. The Morgan fingerprint density at radius 2 is 2.39 bits per heavy atom. The molecule has 0 spiro atoms. The van der Waals surface area contributed by atoms with E-state index in [-0.39, 0.29) is 31.2 Å². The van der Waals surface area contributed by atoms with Crippen molar-refractivity contribution < 1.29 is 19.4 Å². The van der Waals surface area contributed by atoms with Gasteiger partial charge in [0, 0.05) is 12.7 Å². The highest BCUT2D eigenvalue weighted by Gasteiger charge is 2.15. The van der Waals surface area contributed by atoms with Gasteiger partial charge in [-0.15, -0.1) is 0 Å². The molecular weight excluding hydrogens is 240 g/mol. The molecule has 1 heterocycles. The first-order valence-corrected chi connectivity index (χ1v) is 5.33. The molecule has 0 bridgehead atoms. The minimum Gasteiger partial charge on any atom is -0.464 e. The summed E-state index contributed by atoms with van der Waals surface area (Å²) in [6.45, 7) is -0.0271. The highest BCUT2D eigenvalue weighted by Crippen LogP contribution is 2.02. The van der Waals surface area contributed by atoms with Gasteiger partial charge in [0.2, 0.25) is 5.91 Å². The normalized spacial score (nSPS) is 11.9. The van der Waals surface area contributed by atoms with Crippen molar-refractivity contribution in [2.45, 2.75) is 12.6 Å². The summed E-state index contributed by atoms with van der Waals surface area (Å²) in [5.74, 6) is -0.895. The zero-order chi connectivity index (χ0) is 13.5. The van der Waals surface area contributed by atoms with Gasteiger partial charge in [0.15, 0.2) is 0 Å². The molecule has 0 radical (unpaired) electrons. The summed E-state index contributed by atoms with van der Waals surface area (Å²) < 4.78 is 5.88. The average molecular weight is 256 g/mol. The number of rotatable bonds is 6. The first-order valence-electron chi connectivity index (χ1n) is 5.33. The fourth-order valence-electron chi connectivity index (χ4n) is 1.32. The van der Waals surface area contributed by atoms with E-state index in [1.165, 1.54) is 24.1 Å². The number of carbonyl (C=O) groups is 2. The third kappa shape index (κ3) is 3.82. The molecule has 0 aliphatic heterocycles. The predicted octanol–water partition coefficient (Wildman–Crippen LogP) is -1.89. The molecule has 8 nitrogen and oxygen atoms in total. The molecule has 0 aliphatic rings. The third-order valence-corrected chi connectivity index (χ3v) is 2.22. The third-order valence-electron chi connectivity index (χ3n) is 2.22. The minimum atomic E-state index is -0.871. The number of nitrogens with one attached hydrogen (secondary N) is 1. The molecule has 1 aromatic heterocycles. The zero-order valence-electron chi connectivity index (χ0n) is 10.00. The molecule has 18 heavy (non-hydrogen) atoms. The number of methoxy groups -OCH3 is 1. The van der Waals surface area contributed by atoms with Crippen molar-refractivity contribution in [2.24, 2.45) is 5.73 Å². The van der Waals surface area contributed by atoms with Crippen LogP contribution in [0.25, 0.3) is 0 Å². The van der Waals surface area contributed by atoms with Gasteiger partial charge in [-0.2, -0.15) is 5.10 Å². The van der Waals surface area contributed by atoms with Gasteiger partial charge >= 0.3 is 5.97 Å². The van der Waals surface area contributed by atoms with Crippen LogP contribution in [0.3, 0.4) is 0 Å². The number of ether oxygens (including phenoxy) is 1. The number of aliphatic hydroxyl groups excluding tert-OH is 1.